The van der Waals surface area contributed by atoms with Crippen molar-refractivity contribution in [3.8, 4) is 0 Å². The van der Waals surface area contributed by atoms with Crippen molar-refractivity contribution in [2.45, 2.75) is 25.7 Å². The molecule has 3 aromatic rings. The molecule has 1 aromatic heterocycles. The number of benzene rings is 2. The summed E-state index contributed by atoms with van der Waals surface area (Å²) in [6, 6.07) is 21.0. The van der Waals surface area contributed by atoms with Gasteiger partial charge >= 0.3 is 0 Å². The Morgan fingerprint density at radius 3 is 2.38 bits per heavy atom. The average Bonchev–Trinajstić information content (AvgIpc) is 2.67. The molecule has 3 rings (SSSR count). The monoisotopic (exact) mass is 342 g/mol. The van der Waals surface area contributed by atoms with E-state index < -0.39 is 0 Å². The second-order valence-corrected chi connectivity index (χ2v) is 6.72. The first-order chi connectivity index (χ1) is 12.7. The minimum atomic E-state index is 0.157. The number of nitrogens with zero attached hydrogens (tertiary/aromatic N) is 2. The van der Waals surface area contributed by atoms with Gasteiger partial charge in [-0.05, 0) is 41.3 Å². The Kier molecular flexibility index (Phi) is 5.85. The summed E-state index contributed by atoms with van der Waals surface area (Å²) in [5.41, 5.74) is 6.86. The van der Waals surface area contributed by atoms with Crippen molar-refractivity contribution in [1.82, 2.24) is 4.98 Å². The molecule has 0 aliphatic carbocycles. The van der Waals surface area contributed by atoms with Gasteiger partial charge in [0.05, 0.1) is 5.71 Å². The summed E-state index contributed by atoms with van der Waals surface area (Å²) >= 11 is 0. The van der Waals surface area contributed by atoms with Gasteiger partial charge in [0.2, 0.25) is 0 Å². The van der Waals surface area contributed by atoms with Gasteiger partial charge < -0.3 is 5.21 Å². The Hall–Kier alpha value is -2.88. The molecule has 1 heterocycles. The van der Waals surface area contributed by atoms with Crippen molar-refractivity contribution >= 4 is 19.0 Å². The third-order valence-corrected chi connectivity index (χ3v) is 4.78. The number of oxime groups is 1. The summed E-state index contributed by atoms with van der Waals surface area (Å²) in [4.78, 5) is 4.05. The minimum absolute atomic E-state index is 0.157. The van der Waals surface area contributed by atoms with E-state index in [1.165, 1.54) is 22.2 Å². The van der Waals surface area contributed by atoms with Gasteiger partial charge in [-0.1, -0.05) is 59.1 Å². The lowest BCUT2D eigenvalue weighted by Gasteiger charge is -2.21. The molecule has 0 aliphatic rings. The van der Waals surface area contributed by atoms with Gasteiger partial charge in [-0.2, -0.15) is 0 Å². The third kappa shape index (κ3) is 4.39. The molecule has 2 aromatic carbocycles. The van der Waals surface area contributed by atoms with Crippen molar-refractivity contribution < 1.29 is 5.21 Å². The maximum atomic E-state index is 9.62. The summed E-state index contributed by atoms with van der Waals surface area (Å²) < 4.78 is 0. The summed E-state index contributed by atoms with van der Waals surface area (Å²) in [7, 11) is 2.09. The van der Waals surface area contributed by atoms with E-state index >= 15 is 0 Å². The first kappa shape index (κ1) is 17.9. The van der Waals surface area contributed by atoms with Gasteiger partial charge in [0.25, 0.3) is 0 Å². The number of hydrogen-bond donors (Lipinski definition) is 1. The van der Waals surface area contributed by atoms with Gasteiger partial charge in [0.1, 0.15) is 7.85 Å². The number of pyridine rings is 1. The van der Waals surface area contributed by atoms with E-state index in [1.807, 2.05) is 12.1 Å². The van der Waals surface area contributed by atoms with E-state index in [-0.39, 0.29) is 5.92 Å². The molecule has 1 atom stereocenters. The summed E-state index contributed by atoms with van der Waals surface area (Å²) in [6.45, 7) is 2.13. The zero-order valence-corrected chi connectivity index (χ0v) is 15.3. The number of hydrogen-bond acceptors (Lipinski definition) is 3. The van der Waals surface area contributed by atoms with Crippen LogP contribution < -0.4 is 5.46 Å². The van der Waals surface area contributed by atoms with Gasteiger partial charge in [0.15, 0.2) is 0 Å². The zero-order valence-electron chi connectivity index (χ0n) is 15.3. The molecule has 4 heteroatoms. The van der Waals surface area contributed by atoms with Gasteiger partial charge in [-0.25, -0.2) is 0 Å². The standard InChI is InChI=1S/C22H23BN2O/c1-16-4-2-3-5-21(16)22(18-6-8-19(23)9-7-18)15-20(25-26)14-17-10-12-24-13-11-17/h2-13,22,26H,14-15,23H2,1H3/b25-20-/t22-/m1/s1. The Morgan fingerprint density at radius 1 is 1.04 bits per heavy atom. The van der Waals surface area contributed by atoms with Gasteiger partial charge in [-0.15, -0.1) is 0 Å². The number of aryl methyl sites for hydroxylation is 1. The first-order valence-corrected chi connectivity index (χ1v) is 8.88. The molecule has 0 amide bonds. The molecular formula is C22H23BN2O. The Bertz CT molecular complexity index is 876. The van der Waals surface area contributed by atoms with Gasteiger partial charge in [0, 0.05) is 31.2 Å². The van der Waals surface area contributed by atoms with Crippen LogP contribution in [0.3, 0.4) is 0 Å². The average molecular weight is 342 g/mol. The van der Waals surface area contributed by atoms with Crippen molar-refractivity contribution in [2.75, 3.05) is 0 Å². The van der Waals surface area contributed by atoms with Crippen LogP contribution in [0.15, 0.2) is 78.2 Å². The molecule has 0 fully saturated rings. The lowest BCUT2D eigenvalue weighted by Crippen LogP contribution is -2.13. The summed E-state index contributed by atoms with van der Waals surface area (Å²) in [5, 5.41) is 13.2. The molecule has 1 N–H and O–H groups in total. The first-order valence-electron chi connectivity index (χ1n) is 8.88. The SMILES string of the molecule is Bc1ccc([C@@H](C/C(Cc2ccncc2)=N\O)c2ccccc2C)cc1. The predicted molar refractivity (Wildman–Crippen MR) is 109 cm³/mol. The largest absolute Gasteiger partial charge is 0.411 e. The highest BCUT2D eigenvalue weighted by Gasteiger charge is 2.19. The van der Waals surface area contributed by atoms with Crippen molar-refractivity contribution in [3.63, 3.8) is 0 Å². The van der Waals surface area contributed by atoms with E-state index in [1.54, 1.807) is 12.4 Å². The smallest absolute Gasteiger partial charge is 0.139 e. The molecule has 0 radical (unpaired) electrons. The Labute approximate surface area is 155 Å². The third-order valence-electron chi connectivity index (χ3n) is 4.78. The van der Waals surface area contributed by atoms with Crippen LogP contribution in [0.25, 0.3) is 0 Å². The number of rotatable bonds is 6. The molecule has 0 bridgehead atoms. The van der Waals surface area contributed by atoms with Crippen LogP contribution in [0.5, 0.6) is 0 Å². The molecule has 0 spiro atoms. The van der Waals surface area contributed by atoms with Crippen LogP contribution in [0.4, 0.5) is 0 Å². The highest BCUT2D eigenvalue weighted by molar-refractivity contribution is 6.32. The van der Waals surface area contributed by atoms with Crippen LogP contribution in [0.1, 0.15) is 34.6 Å². The van der Waals surface area contributed by atoms with Crippen LogP contribution in [-0.2, 0) is 6.42 Å². The lowest BCUT2D eigenvalue weighted by atomic mass is 9.82. The summed E-state index contributed by atoms with van der Waals surface area (Å²) in [6.07, 6.45) is 4.83. The molecular weight excluding hydrogens is 319 g/mol. The van der Waals surface area contributed by atoms with Crippen molar-refractivity contribution in [1.29, 1.82) is 0 Å². The Morgan fingerprint density at radius 2 is 1.73 bits per heavy atom. The molecule has 0 saturated heterocycles. The Balaban J connectivity index is 1.92. The predicted octanol–water partition coefficient (Wildman–Crippen LogP) is 3.24. The molecule has 0 unspecified atom stereocenters. The fourth-order valence-electron chi connectivity index (χ4n) is 3.30. The molecule has 26 heavy (non-hydrogen) atoms. The normalized spacial score (nSPS) is 12.7. The second-order valence-electron chi connectivity index (χ2n) is 6.72. The highest BCUT2D eigenvalue weighted by Crippen LogP contribution is 2.31. The van der Waals surface area contributed by atoms with Crippen molar-refractivity contribution in [2.24, 2.45) is 5.16 Å². The molecule has 130 valence electrons. The van der Waals surface area contributed by atoms with E-state index in [4.69, 9.17) is 0 Å². The maximum Gasteiger partial charge on any atom is 0.139 e. The van der Waals surface area contributed by atoms with Crippen LogP contribution in [0, 0.1) is 6.92 Å². The van der Waals surface area contributed by atoms with Crippen LogP contribution in [0.2, 0.25) is 0 Å². The van der Waals surface area contributed by atoms with Crippen LogP contribution in [-0.4, -0.2) is 23.7 Å². The highest BCUT2D eigenvalue weighted by atomic mass is 16.4. The van der Waals surface area contributed by atoms with E-state index in [2.05, 4.69) is 73.4 Å². The molecule has 0 aliphatic heterocycles. The molecule has 0 saturated carbocycles. The quantitative estimate of drug-likeness (QED) is 0.324. The van der Waals surface area contributed by atoms with Gasteiger partial charge in [-0.3, -0.25) is 4.98 Å². The topological polar surface area (TPSA) is 45.5 Å². The number of aromatic nitrogens is 1. The zero-order chi connectivity index (χ0) is 18.4. The second kappa shape index (κ2) is 8.48. The molecule has 3 nitrogen and oxygen atoms in total. The fraction of sp³-hybridized carbons (Fsp3) is 0.182. The minimum Gasteiger partial charge on any atom is -0.411 e. The lowest BCUT2D eigenvalue weighted by molar-refractivity contribution is 0.316. The van der Waals surface area contributed by atoms with Crippen LogP contribution >= 0.6 is 0 Å². The maximum absolute atomic E-state index is 9.62. The van der Waals surface area contributed by atoms with Crippen molar-refractivity contribution in [3.05, 3.63) is 95.3 Å². The van der Waals surface area contributed by atoms with E-state index in [0.717, 1.165) is 11.3 Å². The fourth-order valence-corrected chi connectivity index (χ4v) is 3.30. The van der Waals surface area contributed by atoms with E-state index in [9.17, 15) is 5.21 Å². The van der Waals surface area contributed by atoms with E-state index in [0.29, 0.717) is 12.8 Å². The summed E-state index contributed by atoms with van der Waals surface area (Å²) in [5.74, 6) is 0.157.